The van der Waals surface area contributed by atoms with Gasteiger partial charge in [-0.2, -0.15) is 0 Å². The van der Waals surface area contributed by atoms with Gasteiger partial charge in [-0.25, -0.2) is 4.39 Å². The van der Waals surface area contributed by atoms with Crippen molar-refractivity contribution >= 4 is 29.1 Å². The molecule has 2 rings (SSSR count). The minimum Gasteiger partial charge on any atom is -0.338 e. The fraction of sp³-hybridized carbons (Fsp3) is 0.462. The molecule has 0 N–H and O–H groups in total. The minimum absolute atomic E-state index is 0.0272. The van der Waals surface area contributed by atoms with Crippen molar-refractivity contribution in [3.05, 3.63) is 34.6 Å². The Morgan fingerprint density at radius 1 is 1.50 bits per heavy atom. The molecule has 5 heteroatoms. The van der Waals surface area contributed by atoms with Crippen LogP contribution in [0.2, 0.25) is 5.02 Å². The van der Waals surface area contributed by atoms with Crippen molar-refractivity contribution in [2.24, 2.45) is 5.92 Å². The molecule has 2 atom stereocenters. The Bertz CT molecular complexity index is 466. The molecule has 0 saturated carbocycles. The Labute approximate surface area is 116 Å². The zero-order valence-electron chi connectivity index (χ0n) is 10.00. The zero-order chi connectivity index (χ0) is 13.3. The van der Waals surface area contributed by atoms with Crippen molar-refractivity contribution < 1.29 is 9.18 Å². The molecule has 18 heavy (non-hydrogen) atoms. The van der Waals surface area contributed by atoms with Crippen LogP contribution in [0.1, 0.15) is 23.7 Å². The SMILES string of the molecule is CC1CN(C(=O)c2ccc(Cl)c(F)c2)CCC1Cl. The van der Waals surface area contributed by atoms with E-state index >= 15 is 0 Å². The van der Waals surface area contributed by atoms with E-state index in [1.54, 1.807) is 11.0 Å². The van der Waals surface area contributed by atoms with E-state index in [0.29, 0.717) is 18.7 Å². The summed E-state index contributed by atoms with van der Waals surface area (Å²) in [4.78, 5) is 13.9. The number of hydrogen-bond acceptors (Lipinski definition) is 1. The summed E-state index contributed by atoms with van der Waals surface area (Å²) in [5, 5.41) is 0.135. The van der Waals surface area contributed by atoms with Crippen molar-refractivity contribution in [1.82, 2.24) is 4.90 Å². The van der Waals surface area contributed by atoms with Gasteiger partial charge in [0.1, 0.15) is 5.82 Å². The average Bonchev–Trinajstić information content (AvgIpc) is 2.35. The summed E-state index contributed by atoms with van der Waals surface area (Å²) in [6, 6.07) is 4.13. The second kappa shape index (κ2) is 5.45. The van der Waals surface area contributed by atoms with Gasteiger partial charge in [0.2, 0.25) is 0 Å². The lowest BCUT2D eigenvalue weighted by atomic mass is 9.99. The molecule has 0 aliphatic carbocycles. The highest BCUT2D eigenvalue weighted by atomic mass is 35.5. The summed E-state index contributed by atoms with van der Waals surface area (Å²) in [7, 11) is 0. The standard InChI is InChI=1S/C13H14Cl2FNO/c1-8-7-17(5-4-10(8)14)13(18)9-2-3-11(15)12(16)6-9/h2-3,6,8,10H,4-5,7H2,1H3. The van der Waals surface area contributed by atoms with E-state index in [2.05, 4.69) is 0 Å². The van der Waals surface area contributed by atoms with Crippen LogP contribution in [0.25, 0.3) is 0 Å². The van der Waals surface area contributed by atoms with Crippen LogP contribution >= 0.6 is 23.2 Å². The maximum atomic E-state index is 13.3. The fourth-order valence-electron chi connectivity index (χ4n) is 2.11. The number of amides is 1. The van der Waals surface area contributed by atoms with Gasteiger partial charge in [-0.15, -0.1) is 11.6 Å². The summed E-state index contributed by atoms with van der Waals surface area (Å²) < 4.78 is 13.3. The molecule has 1 fully saturated rings. The molecule has 1 aliphatic heterocycles. The lowest BCUT2D eigenvalue weighted by molar-refractivity contribution is 0.0686. The number of carbonyl (C=O) groups is 1. The Morgan fingerprint density at radius 2 is 2.22 bits per heavy atom. The second-order valence-corrected chi connectivity index (χ2v) is 5.63. The van der Waals surface area contributed by atoms with Crippen LogP contribution in [0.15, 0.2) is 18.2 Å². The normalized spacial score (nSPS) is 24.1. The maximum absolute atomic E-state index is 13.3. The molecule has 2 unspecified atom stereocenters. The molecule has 1 aromatic carbocycles. The predicted octanol–water partition coefficient (Wildman–Crippen LogP) is 3.57. The number of benzene rings is 1. The Morgan fingerprint density at radius 3 is 2.83 bits per heavy atom. The van der Waals surface area contributed by atoms with Crippen molar-refractivity contribution in [2.75, 3.05) is 13.1 Å². The first kappa shape index (κ1) is 13.6. The molecular weight excluding hydrogens is 276 g/mol. The van der Waals surface area contributed by atoms with E-state index in [0.717, 1.165) is 6.42 Å². The van der Waals surface area contributed by atoms with Gasteiger partial charge in [-0.05, 0) is 30.5 Å². The average molecular weight is 290 g/mol. The lowest BCUT2D eigenvalue weighted by Crippen LogP contribution is -2.43. The molecular formula is C13H14Cl2FNO. The first-order valence-corrected chi connectivity index (χ1v) is 6.69. The first-order chi connectivity index (χ1) is 8.49. The number of alkyl halides is 1. The molecule has 1 aromatic rings. The lowest BCUT2D eigenvalue weighted by Gasteiger charge is -2.34. The number of likely N-dealkylation sites (tertiary alicyclic amines) is 1. The third kappa shape index (κ3) is 2.78. The van der Waals surface area contributed by atoms with Gasteiger partial charge in [-0.1, -0.05) is 18.5 Å². The van der Waals surface area contributed by atoms with Crippen molar-refractivity contribution in [2.45, 2.75) is 18.7 Å². The van der Waals surface area contributed by atoms with Gasteiger partial charge >= 0.3 is 0 Å². The van der Waals surface area contributed by atoms with Crippen LogP contribution < -0.4 is 0 Å². The van der Waals surface area contributed by atoms with E-state index < -0.39 is 5.82 Å². The molecule has 1 heterocycles. The fourth-order valence-corrected chi connectivity index (χ4v) is 2.41. The minimum atomic E-state index is -0.567. The van der Waals surface area contributed by atoms with Crippen LogP contribution in [0.4, 0.5) is 4.39 Å². The van der Waals surface area contributed by atoms with E-state index in [4.69, 9.17) is 23.2 Å². The molecule has 0 aromatic heterocycles. The van der Waals surface area contributed by atoms with Gasteiger partial charge in [0, 0.05) is 24.0 Å². The Balaban J connectivity index is 2.14. The summed E-state index contributed by atoms with van der Waals surface area (Å²) in [5.41, 5.74) is 0.331. The monoisotopic (exact) mass is 289 g/mol. The van der Waals surface area contributed by atoms with E-state index in [9.17, 15) is 9.18 Å². The van der Waals surface area contributed by atoms with Gasteiger partial charge in [0.25, 0.3) is 5.91 Å². The van der Waals surface area contributed by atoms with Crippen LogP contribution in [-0.4, -0.2) is 29.3 Å². The van der Waals surface area contributed by atoms with Gasteiger partial charge in [-0.3, -0.25) is 4.79 Å². The predicted molar refractivity (Wildman–Crippen MR) is 70.7 cm³/mol. The molecule has 0 bridgehead atoms. The van der Waals surface area contributed by atoms with E-state index in [1.807, 2.05) is 6.92 Å². The largest absolute Gasteiger partial charge is 0.338 e. The zero-order valence-corrected chi connectivity index (χ0v) is 11.5. The first-order valence-electron chi connectivity index (χ1n) is 5.87. The highest BCUT2D eigenvalue weighted by molar-refractivity contribution is 6.30. The summed E-state index contributed by atoms with van der Waals surface area (Å²) in [5.74, 6) is -0.481. The molecule has 1 aliphatic rings. The summed E-state index contributed by atoms with van der Waals surface area (Å²) in [6.07, 6.45) is 0.768. The Hall–Kier alpha value is -0.800. The van der Waals surface area contributed by atoms with E-state index in [-0.39, 0.29) is 22.2 Å². The smallest absolute Gasteiger partial charge is 0.253 e. The number of rotatable bonds is 1. The van der Waals surface area contributed by atoms with E-state index in [1.165, 1.54) is 12.1 Å². The molecule has 2 nitrogen and oxygen atoms in total. The third-order valence-electron chi connectivity index (χ3n) is 3.25. The highest BCUT2D eigenvalue weighted by Crippen LogP contribution is 2.24. The second-order valence-electron chi connectivity index (χ2n) is 4.66. The summed E-state index contributed by atoms with van der Waals surface area (Å²) in [6.45, 7) is 3.23. The number of nitrogens with zero attached hydrogens (tertiary/aromatic N) is 1. The number of carbonyl (C=O) groups excluding carboxylic acids is 1. The summed E-state index contributed by atoms with van der Waals surface area (Å²) >= 11 is 11.7. The highest BCUT2D eigenvalue weighted by Gasteiger charge is 2.27. The van der Waals surface area contributed by atoms with Crippen molar-refractivity contribution in [3.8, 4) is 0 Å². The molecule has 1 amide bonds. The number of hydrogen-bond donors (Lipinski definition) is 0. The van der Waals surface area contributed by atoms with Crippen LogP contribution in [-0.2, 0) is 0 Å². The maximum Gasteiger partial charge on any atom is 0.253 e. The van der Waals surface area contributed by atoms with Gasteiger partial charge in [0.05, 0.1) is 5.02 Å². The molecule has 0 spiro atoms. The molecule has 98 valence electrons. The topological polar surface area (TPSA) is 20.3 Å². The quantitative estimate of drug-likeness (QED) is 0.724. The van der Waals surface area contributed by atoms with Crippen molar-refractivity contribution in [3.63, 3.8) is 0 Å². The third-order valence-corrected chi connectivity index (χ3v) is 4.21. The van der Waals surface area contributed by atoms with Gasteiger partial charge in [0.15, 0.2) is 0 Å². The van der Waals surface area contributed by atoms with Crippen LogP contribution in [0.5, 0.6) is 0 Å². The Kier molecular flexibility index (Phi) is 4.13. The van der Waals surface area contributed by atoms with Gasteiger partial charge < -0.3 is 4.90 Å². The van der Waals surface area contributed by atoms with Crippen LogP contribution in [0, 0.1) is 11.7 Å². The van der Waals surface area contributed by atoms with Crippen LogP contribution in [0.3, 0.4) is 0 Å². The number of halogens is 3. The molecule has 0 radical (unpaired) electrons. The van der Waals surface area contributed by atoms with Crippen molar-refractivity contribution in [1.29, 1.82) is 0 Å². The molecule has 1 saturated heterocycles. The number of piperidine rings is 1.